The van der Waals surface area contributed by atoms with Gasteiger partial charge in [0.05, 0.1) is 25.7 Å². The first-order valence-corrected chi connectivity index (χ1v) is 11.1. The monoisotopic (exact) mass is 454 g/mol. The number of ether oxygens (including phenoxy) is 2. The van der Waals surface area contributed by atoms with Gasteiger partial charge in [0, 0.05) is 29.9 Å². The largest absolute Gasteiger partial charge is 0.494 e. The number of nitrogens with one attached hydrogen (secondary N) is 1. The summed E-state index contributed by atoms with van der Waals surface area (Å²) in [5.41, 5.74) is 2.21. The van der Waals surface area contributed by atoms with Crippen molar-refractivity contribution in [3.63, 3.8) is 0 Å². The van der Waals surface area contributed by atoms with E-state index in [0.29, 0.717) is 23.5 Å². The standard InChI is InChI=1S/C25H30N2O6/c1-3-33-21-15-18(24(29)30)12-11-17(21)16-22(28)26-23(25(31)32-2)19-9-5-6-10-20(19)27-13-7-4-8-14-27/h5-6,9-12,15,23H,3-4,7-8,13-14,16H2,1-2H3,(H,26,28)(H,29,30). The summed E-state index contributed by atoms with van der Waals surface area (Å²) in [5.74, 6) is -1.70. The normalized spacial score (nSPS) is 14.3. The fraction of sp³-hybridized carbons (Fsp3) is 0.400. The van der Waals surface area contributed by atoms with Crippen molar-refractivity contribution in [1.82, 2.24) is 5.32 Å². The van der Waals surface area contributed by atoms with Crippen LogP contribution in [0.25, 0.3) is 0 Å². The first-order valence-electron chi connectivity index (χ1n) is 11.1. The van der Waals surface area contributed by atoms with E-state index >= 15 is 0 Å². The topological polar surface area (TPSA) is 105 Å². The van der Waals surface area contributed by atoms with Crippen LogP contribution in [0.15, 0.2) is 42.5 Å². The lowest BCUT2D eigenvalue weighted by molar-refractivity contribution is -0.145. The number of carboxylic acid groups (broad SMARTS) is 1. The van der Waals surface area contributed by atoms with Gasteiger partial charge in [-0.25, -0.2) is 9.59 Å². The van der Waals surface area contributed by atoms with Gasteiger partial charge < -0.3 is 24.8 Å². The fourth-order valence-corrected chi connectivity index (χ4v) is 4.04. The number of nitrogens with zero attached hydrogens (tertiary/aromatic N) is 1. The Kier molecular flexibility index (Phi) is 8.29. The third-order valence-electron chi connectivity index (χ3n) is 5.65. The molecule has 1 amide bonds. The Morgan fingerprint density at radius 3 is 2.48 bits per heavy atom. The molecule has 8 nitrogen and oxygen atoms in total. The maximum Gasteiger partial charge on any atom is 0.335 e. The second kappa shape index (κ2) is 11.4. The molecule has 1 aliphatic rings. The van der Waals surface area contributed by atoms with Gasteiger partial charge >= 0.3 is 11.9 Å². The highest BCUT2D eigenvalue weighted by atomic mass is 16.5. The second-order valence-corrected chi connectivity index (χ2v) is 7.87. The average Bonchev–Trinajstić information content (AvgIpc) is 2.83. The first kappa shape index (κ1) is 24.1. The summed E-state index contributed by atoms with van der Waals surface area (Å²) < 4.78 is 10.5. The van der Waals surface area contributed by atoms with Gasteiger partial charge in [-0.1, -0.05) is 24.3 Å². The van der Waals surface area contributed by atoms with Crippen molar-refractivity contribution in [2.45, 2.75) is 38.6 Å². The van der Waals surface area contributed by atoms with Crippen LogP contribution in [-0.4, -0.2) is 49.8 Å². The number of benzene rings is 2. The van der Waals surface area contributed by atoms with Crippen molar-refractivity contribution in [1.29, 1.82) is 0 Å². The fourth-order valence-electron chi connectivity index (χ4n) is 4.04. The van der Waals surface area contributed by atoms with Gasteiger partial charge in [-0.05, 0) is 44.4 Å². The van der Waals surface area contributed by atoms with Crippen LogP contribution >= 0.6 is 0 Å². The number of carbonyl (C=O) groups is 3. The van der Waals surface area contributed by atoms with Crippen LogP contribution in [0.2, 0.25) is 0 Å². The molecule has 1 fully saturated rings. The second-order valence-electron chi connectivity index (χ2n) is 7.87. The number of methoxy groups -OCH3 is 1. The lowest BCUT2D eigenvalue weighted by atomic mass is 10.0. The predicted octanol–water partition coefficient (Wildman–Crippen LogP) is 3.35. The van der Waals surface area contributed by atoms with Crippen LogP contribution < -0.4 is 15.0 Å². The van der Waals surface area contributed by atoms with Crippen molar-refractivity contribution in [2.24, 2.45) is 0 Å². The number of hydrogen-bond acceptors (Lipinski definition) is 6. The number of anilines is 1. The van der Waals surface area contributed by atoms with Crippen molar-refractivity contribution in [2.75, 3.05) is 31.7 Å². The molecule has 0 aromatic heterocycles. The van der Waals surface area contributed by atoms with Gasteiger partial charge in [0.25, 0.3) is 0 Å². The minimum absolute atomic E-state index is 0.0745. The van der Waals surface area contributed by atoms with Crippen LogP contribution in [0.3, 0.4) is 0 Å². The lowest BCUT2D eigenvalue weighted by Crippen LogP contribution is -2.37. The molecule has 2 N–H and O–H groups in total. The Labute approximate surface area is 193 Å². The molecule has 176 valence electrons. The third-order valence-corrected chi connectivity index (χ3v) is 5.65. The maximum atomic E-state index is 13.0. The first-order chi connectivity index (χ1) is 15.9. The van der Waals surface area contributed by atoms with Crippen LogP contribution in [-0.2, 0) is 20.7 Å². The van der Waals surface area contributed by atoms with Gasteiger partial charge in [-0.15, -0.1) is 0 Å². The maximum absolute atomic E-state index is 13.0. The molecule has 3 rings (SSSR count). The summed E-state index contributed by atoms with van der Waals surface area (Å²) in [4.78, 5) is 39.2. The smallest absolute Gasteiger partial charge is 0.335 e. The molecule has 0 radical (unpaired) electrons. The number of hydrogen-bond donors (Lipinski definition) is 2. The van der Waals surface area contributed by atoms with Gasteiger partial charge in [-0.3, -0.25) is 4.79 Å². The zero-order chi connectivity index (χ0) is 23.8. The summed E-state index contributed by atoms with van der Waals surface area (Å²) in [7, 11) is 1.29. The predicted molar refractivity (Wildman–Crippen MR) is 124 cm³/mol. The molecule has 1 atom stereocenters. The van der Waals surface area contributed by atoms with E-state index in [1.807, 2.05) is 24.3 Å². The highest BCUT2D eigenvalue weighted by Gasteiger charge is 2.28. The number of carbonyl (C=O) groups excluding carboxylic acids is 2. The number of carboxylic acids is 1. The van der Waals surface area contributed by atoms with E-state index in [4.69, 9.17) is 9.47 Å². The van der Waals surface area contributed by atoms with E-state index in [0.717, 1.165) is 31.6 Å². The molecule has 1 aliphatic heterocycles. The highest BCUT2D eigenvalue weighted by Crippen LogP contribution is 2.30. The van der Waals surface area contributed by atoms with Crippen molar-refractivity contribution in [3.05, 3.63) is 59.2 Å². The zero-order valence-corrected chi connectivity index (χ0v) is 19.0. The number of aromatic carboxylic acids is 1. The van der Waals surface area contributed by atoms with E-state index in [9.17, 15) is 19.5 Å². The van der Waals surface area contributed by atoms with E-state index < -0.39 is 23.9 Å². The average molecular weight is 455 g/mol. The number of esters is 1. The quantitative estimate of drug-likeness (QED) is 0.560. The molecule has 0 bridgehead atoms. The Bertz CT molecular complexity index is 1000. The molecule has 2 aromatic rings. The summed E-state index contributed by atoms with van der Waals surface area (Å²) in [6, 6.07) is 11.0. The molecule has 0 spiro atoms. The molecule has 8 heteroatoms. The van der Waals surface area contributed by atoms with Crippen LogP contribution in [0, 0.1) is 0 Å². The highest BCUT2D eigenvalue weighted by molar-refractivity contribution is 5.90. The summed E-state index contributed by atoms with van der Waals surface area (Å²) in [6.07, 6.45) is 3.26. The minimum Gasteiger partial charge on any atom is -0.494 e. The van der Waals surface area contributed by atoms with Crippen molar-refractivity contribution in [3.8, 4) is 5.75 Å². The molecule has 1 unspecified atom stereocenters. The number of amides is 1. The van der Waals surface area contributed by atoms with Gasteiger partial charge in [0.15, 0.2) is 6.04 Å². The molecule has 0 aliphatic carbocycles. The number of piperidine rings is 1. The van der Waals surface area contributed by atoms with Crippen LogP contribution in [0.4, 0.5) is 5.69 Å². The molecule has 1 saturated heterocycles. The SMILES string of the molecule is CCOc1cc(C(=O)O)ccc1CC(=O)NC(C(=O)OC)c1ccccc1N1CCCCC1. The lowest BCUT2D eigenvalue weighted by Gasteiger charge is -2.32. The van der Waals surface area contributed by atoms with Crippen LogP contribution in [0.5, 0.6) is 5.75 Å². The van der Waals surface area contributed by atoms with E-state index in [1.165, 1.54) is 25.7 Å². The van der Waals surface area contributed by atoms with Gasteiger partial charge in [0.2, 0.25) is 5.91 Å². The molecule has 2 aromatic carbocycles. The van der Waals surface area contributed by atoms with Crippen LogP contribution in [0.1, 0.15) is 53.7 Å². The Balaban J connectivity index is 1.84. The minimum atomic E-state index is -1.08. The van der Waals surface area contributed by atoms with Crippen molar-refractivity contribution < 1.29 is 29.0 Å². The van der Waals surface area contributed by atoms with E-state index in [1.54, 1.807) is 13.0 Å². The molecule has 0 saturated carbocycles. The van der Waals surface area contributed by atoms with Crippen molar-refractivity contribution >= 4 is 23.5 Å². The van der Waals surface area contributed by atoms with Gasteiger partial charge in [0.1, 0.15) is 5.75 Å². The molecular formula is C25H30N2O6. The Hall–Kier alpha value is -3.55. The Morgan fingerprint density at radius 2 is 1.82 bits per heavy atom. The summed E-state index contributed by atoms with van der Waals surface area (Å²) >= 11 is 0. The molecule has 1 heterocycles. The molecule has 33 heavy (non-hydrogen) atoms. The van der Waals surface area contributed by atoms with E-state index in [2.05, 4.69) is 10.2 Å². The number of para-hydroxylation sites is 1. The zero-order valence-electron chi connectivity index (χ0n) is 19.0. The van der Waals surface area contributed by atoms with E-state index in [-0.39, 0.29) is 12.0 Å². The van der Waals surface area contributed by atoms with Gasteiger partial charge in [-0.2, -0.15) is 0 Å². The summed E-state index contributed by atoms with van der Waals surface area (Å²) in [5, 5.41) is 12.0. The third kappa shape index (κ3) is 6.03. The Morgan fingerprint density at radius 1 is 1.09 bits per heavy atom. The number of rotatable bonds is 9. The molecular weight excluding hydrogens is 424 g/mol. The summed E-state index contributed by atoms with van der Waals surface area (Å²) in [6.45, 7) is 3.90.